The van der Waals surface area contributed by atoms with Crippen molar-refractivity contribution >= 4 is 5.97 Å². The van der Waals surface area contributed by atoms with Crippen LogP contribution < -0.4 is 0 Å². The predicted molar refractivity (Wildman–Crippen MR) is 57.6 cm³/mol. The Kier molecular flexibility index (Phi) is 3.50. The monoisotopic (exact) mass is 210 g/mol. The summed E-state index contributed by atoms with van der Waals surface area (Å²) in [6.45, 7) is 3.78. The number of aryl methyl sites for hydroxylation is 1. The van der Waals surface area contributed by atoms with Crippen molar-refractivity contribution in [3.63, 3.8) is 0 Å². The van der Waals surface area contributed by atoms with E-state index in [1.807, 2.05) is 26.2 Å². The second-order valence-corrected chi connectivity index (χ2v) is 4.27. The maximum atomic E-state index is 11.2. The van der Waals surface area contributed by atoms with E-state index < -0.39 is 11.4 Å². The molecule has 0 spiro atoms. The van der Waals surface area contributed by atoms with E-state index >= 15 is 0 Å². The van der Waals surface area contributed by atoms with E-state index in [2.05, 4.69) is 5.10 Å². The average molecular weight is 210 g/mol. The third-order valence-corrected chi connectivity index (χ3v) is 2.66. The van der Waals surface area contributed by atoms with E-state index in [0.717, 1.165) is 12.1 Å². The van der Waals surface area contributed by atoms with E-state index in [9.17, 15) is 9.90 Å². The van der Waals surface area contributed by atoms with Crippen molar-refractivity contribution in [1.82, 2.24) is 9.78 Å². The summed E-state index contributed by atoms with van der Waals surface area (Å²) in [5, 5.41) is 13.4. The summed E-state index contributed by atoms with van der Waals surface area (Å²) in [5.41, 5.74) is 0.152. The van der Waals surface area contributed by atoms with Crippen molar-refractivity contribution in [2.75, 3.05) is 0 Å². The second kappa shape index (κ2) is 4.47. The van der Waals surface area contributed by atoms with Crippen LogP contribution in [0.25, 0.3) is 0 Å². The minimum atomic E-state index is -0.741. The SMILES string of the molecule is CCCC(C)(Cc1ccn(C)n1)C(=O)O. The van der Waals surface area contributed by atoms with Gasteiger partial charge in [0.05, 0.1) is 11.1 Å². The Balaban J connectivity index is 2.79. The Bertz CT molecular complexity index is 346. The van der Waals surface area contributed by atoms with Crippen LogP contribution in [-0.4, -0.2) is 20.9 Å². The highest BCUT2D eigenvalue weighted by Gasteiger charge is 2.32. The molecule has 1 N–H and O–H groups in total. The number of carboxylic acid groups (broad SMARTS) is 1. The molecule has 1 aromatic heterocycles. The predicted octanol–water partition coefficient (Wildman–Crippen LogP) is 1.85. The first-order valence-corrected chi connectivity index (χ1v) is 5.20. The summed E-state index contributed by atoms with van der Waals surface area (Å²) in [7, 11) is 1.83. The summed E-state index contributed by atoms with van der Waals surface area (Å²) in [6, 6.07) is 1.87. The molecule has 0 aliphatic rings. The average Bonchev–Trinajstić information content (AvgIpc) is 2.51. The number of hydrogen-bond donors (Lipinski definition) is 1. The van der Waals surface area contributed by atoms with Gasteiger partial charge in [-0.3, -0.25) is 9.48 Å². The number of carboxylic acids is 1. The van der Waals surface area contributed by atoms with Crippen LogP contribution in [0.2, 0.25) is 0 Å². The minimum absolute atomic E-state index is 0.497. The molecule has 0 radical (unpaired) electrons. The van der Waals surface area contributed by atoms with Crippen LogP contribution in [0.4, 0.5) is 0 Å². The molecular weight excluding hydrogens is 192 g/mol. The molecule has 1 unspecified atom stereocenters. The largest absolute Gasteiger partial charge is 0.481 e. The molecule has 1 rings (SSSR count). The van der Waals surface area contributed by atoms with Crippen molar-refractivity contribution < 1.29 is 9.90 Å². The number of rotatable bonds is 5. The van der Waals surface area contributed by atoms with Gasteiger partial charge in [-0.2, -0.15) is 5.10 Å². The van der Waals surface area contributed by atoms with Crippen molar-refractivity contribution in [2.45, 2.75) is 33.1 Å². The van der Waals surface area contributed by atoms with Gasteiger partial charge in [-0.25, -0.2) is 0 Å². The molecule has 4 nitrogen and oxygen atoms in total. The molecule has 15 heavy (non-hydrogen) atoms. The van der Waals surface area contributed by atoms with Crippen molar-refractivity contribution in [2.24, 2.45) is 12.5 Å². The van der Waals surface area contributed by atoms with Gasteiger partial charge in [0.1, 0.15) is 0 Å². The van der Waals surface area contributed by atoms with Gasteiger partial charge in [-0.1, -0.05) is 13.3 Å². The summed E-state index contributed by atoms with van der Waals surface area (Å²) in [4.78, 5) is 11.2. The molecule has 0 saturated heterocycles. The Morgan fingerprint density at radius 2 is 2.33 bits per heavy atom. The topological polar surface area (TPSA) is 55.1 Å². The van der Waals surface area contributed by atoms with E-state index in [0.29, 0.717) is 12.8 Å². The number of aromatic nitrogens is 2. The maximum absolute atomic E-state index is 11.2. The first kappa shape index (κ1) is 11.8. The van der Waals surface area contributed by atoms with Gasteiger partial charge in [0.25, 0.3) is 0 Å². The van der Waals surface area contributed by atoms with Gasteiger partial charge in [-0.05, 0) is 19.4 Å². The van der Waals surface area contributed by atoms with E-state index in [1.165, 1.54) is 0 Å². The third kappa shape index (κ3) is 2.81. The Morgan fingerprint density at radius 3 is 2.73 bits per heavy atom. The van der Waals surface area contributed by atoms with E-state index in [1.54, 1.807) is 11.6 Å². The smallest absolute Gasteiger partial charge is 0.309 e. The molecule has 0 bridgehead atoms. The third-order valence-electron chi connectivity index (χ3n) is 2.66. The lowest BCUT2D eigenvalue weighted by molar-refractivity contribution is -0.148. The summed E-state index contributed by atoms with van der Waals surface area (Å²) < 4.78 is 1.70. The molecule has 1 heterocycles. The summed E-state index contributed by atoms with van der Waals surface area (Å²) >= 11 is 0. The zero-order valence-electron chi connectivity index (χ0n) is 9.53. The normalized spacial score (nSPS) is 14.9. The van der Waals surface area contributed by atoms with Crippen LogP contribution in [0.15, 0.2) is 12.3 Å². The first-order valence-electron chi connectivity index (χ1n) is 5.20. The highest BCUT2D eigenvalue weighted by Crippen LogP contribution is 2.27. The zero-order valence-corrected chi connectivity index (χ0v) is 9.53. The van der Waals surface area contributed by atoms with Crippen LogP contribution in [0.3, 0.4) is 0 Å². The van der Waals surface area contributed by atoms with E-state index in [-0.39, 0.29) is 0 Å². The van der Waals surface area contributed by atoms with Gasteiger partial charge < -0.3 is 5.11 Å². The maximum Gasteiger partial charge on any atom is 0.309 e. The fraction of sp³-hybridized carbons (Fsp3) is 0.636. The fourth-order valence-electron chi connectivity index (χ4n) is 1.78. The highest BCUT2D eigenvalue weighted by molar-refractivity contribution is 5.74. The number of aliphatic carboxylic acids is 1. The van der Waals surface area contributed by atoms with Crippen LogP contribution in [-0.2, 0) is 18.3 Å². The summed E-state index contributed by atoms with van der Waals surface area (Å²) in [6.07, 6.45) is 3.88. The van der Waals surface area contributed by atoms with Gasteiger partial charge in [0, 0.05) is 19.7 Å². The van der Waals surface area contributed by atoms with Crippen LogP contribution in [0.5, 0.6) is 0 Å². The molecule has 1 aromatic rings. The number of hydrogen-bond acceptors (Lipinski definition) is 2. The molecule has 0 aliphatic heterocycles. The zero-order chi connectivity index (χ0) is 11.5. The second-order valence-electron chi connectivity index (χ2n) is 4.27. The number of carbonyl (C=O) groups is 1. The molecule has 0 amide bonds. The van der Waals surface area contributed by atoms with Gasteiger partial charge in [0.2, 0.25) is 0 Å². The lowest BCUT2D eigenvalue weighted by Gasteiger charge is -2.22. The summed E-state index contributed by atoms with van der Waals surface area (Å²) in [5.74, 6) is -0.741. The molecule has 0 aliphatic carbocycles. The van der Waals surface area contributed by atoms with Crippen LogP contribution in [0.1, 0.15) is 32.4 Å². The van der Waals surface area contributed by atoms with Gasteiger partial charge in [-0.15, -0.1) is 0 Å². The molecule has 0 saturated carbocycles. The molecule has 4 heteroatoms. The fourth-order valence-corrected chi connectivity index (χ4v) is 1.78. The van der Waals surface area contributed by atoms with Crippen molar-refractivity contribution in [1.29, 1.82) is 0 Å². The molecular formula is C11H18N2O2. The molecule has 84 valence electrons. The molecule has 0 aromatic carbocycles. The highest BCUT2D eigenvalue weighted by atomic mass is 16.4. The van der Waals surface area contributed by atoms with Gasteiger partial charge >= 0.3 is 5.97 Å². The Hall–Kier alpha value is -1.32. The quantitative estimate of drug-likeness (QED) is 0.807. The lowest BCUT2D eigenvalue weighted by Crippen LogP contribution is -2.30. The standard InChI is InChI=1S/C11H18N2O2/c1-4-6-11(2,10(14)15)8-9-5-7-13(3)12-9/h5,7H,4,6,8H2,1-3H3,(H,14,15). The minimum Gasteiger partial charge on any atom is -0.481 e. The van der Waals surface area contributed by atoms with Crippen molar-refractivity contribution in [3.05, 3.63) is 18.0 Å². The van der Waals surface area contributed by atoms with Crippen LogP contribution >= 0.6 is 0 Å². The van der Waals surface area contributed by atoms with Gasteiger partial charge in [0.15, 0.2) is 0 Å². The molecule has 0 fully saturated rings. The Morgan fingerprint density at radius 1 is 1.67 bits per heavy atom. The van der Waals surface area contributed by atoms with Crippen LogP contribution in [0, 0.1) is 5.41 Å². The number of nitrogens with zero attached hydrogens (tertiary/aromatic N) is 2. The van der Waals surface area contributed by atoms with E-state index in [4.69, 9.17) is 0 Å². The Labute approximate surface area is 89.9 Å². The first-order chi connectivity index (χ1) is 6.98. The lowest BCUT2D eigenvalue weighted by atomic mass is 9.81. The van der Waals surface area contributed by atoms with Crippen molar-refractivity contribution in [3.8, 4) is 0 Å². The molecule has 1 atom stereocenters.